The molecular weight excluding hydrogens is 356 g/mol. The highest BCUT2D eigenvalue weighted by Gasteiger charge is 2.33. The largest absolute Gasteiger partial charge is 0.491 e. The average molecular weight is 384 g/mol. The number of piperidine rings is 1. The highest BCUT2D eigenvalue weighted by molar-refractivity contribution is 5.94. The van der Waals surface area contributed by atoms with Crippen molar-refractivity contribution in [3.05, 3.63) is 65.7 Å². The summed E-state index contributed by atoms with van der Waals surface area (Å²) >= 11 is 0. The second-order valence-electron chi connectivity index (χ2n) is 7.28. The van der Waals surface area contributed by atoms with Gasteiger partial charge in [0.15, 0.2) is 0 Å². The maximum Gasteiger partial charge on any atom is 0.251 e. The molecular formula is C22H28N2O4. The van der Waals surface area contributed by atoms with Gasteiger partial charge in [-0.2, -0.15) is 0 Å². The highest BCUT2D eigenvalue weighted by Crippen LogP contribution is 2.25. The molecule has 3 N–H and O–H groups in total. The van der Waals surface area contributed by atoms with Crippen LogP contribution in [0.1, 0.15) is 28.8 Å². The monoisotopic (exact) mass is 384 g/mol. The van der Waals surface area contributed by atoms with Crippen LogP contribution in [0.2, 0.25) is 0 Å². The van der Waals surface area contributed by atoms with Gasteiger partial charge < -0.3 is 20.3 Å². The number of hydrogen-bond acceptors (Lipinski definition) is 5. The van der Waals surface area contributed by atoms with Crippen molar-refractivity contribution >= 4 is 5.91 Å². The number of amides is 1. The lowest BCUT2D eigenvalue weighted by atomic mass is 9.92. The number of aliphatic hydroxyl groups is 2. The first kappa shape index (κ1) is 20.3. The Bertz CT molecular complexity index is 741. The molecule has 1 saturated heterocycles. The summed E-state index contributed by atoms with van der Waals surface area (Å²) < 4.78 is 5.78. The maximum absolute atomic E-state index is 11.8. The van der Waals surface area contributed by atoms with Gasteiger partial charge in [-0.3, -0.25) is 9.69 Å². The Morgan fingerprint density at radius 2 is 1.75 bits per heavy atom. The number of nitrogens with zero attached hydrogens (tertiary/aromatic N) is 1. The van der Waals surface area contributed by atoms with Crippen molar-refractivity contribution in [1.82, 2.24) is 10.2 Å². The van der Waals surface area contributed by atoms with E-state index >= 15 is 0 Å². The fourth-order valence-electron chi connectivity index (χ4n) is 3.31. The fraction of sp³-hybridized carbons (Fsp3) is 0.409. The molecule has 2 aromatic carbocycles. The Labute approximate surface area is 165 Å². The van der Waals surface area contributed by atoms with Crippen molar-refractivity contribution in [1.29, 1.82) is 0 Å². The molecule has 1 fully saturated rings. The van der Waals surface area contributed by atoms with E-state index < -0.39 is 5.60 Å². The summed E-state index contributed by atoms with van der Waals surface area (Å²) in [4.78, 5) is 14.2. The van der Waals surface area contributed by atoms with Gasteiger partial charge in [0, 0.05) is 31.7 Å². The lowest BCUT2D eigenvalue weighted by molar-refractivity contribution is -0.0537. The zero-order valence-corrected chi connectivity index (χ0v) is 16.0. The molecule has 6 heteroatoms. The minimum absolute atomic E-state index is 0.0890. The van der Waals surface area contributed by atoms with Crippen molar-refractivity contribution in [2.75, 3.05) is 32.8 Å². The van der Waals surface area contributed by atoms with Crippen LogP contribution in [0.3, 0.4) is 0 Å². The van der Waals surface area contributed by atoms with Gasteiger partial charge in [-0.15, -0.1) is 0 Å². The number of ether oxygens (including phenoxy) is 1. The van der Waals surface area contributed by atoms with Crippen molar-refractivity contribution in [3.8, 4) is 5.75 Å². The van der Waals surface area contributed by atoms with E-state index in [2.05, 4.69) is 22.3 Å². The van der Waals surface area contributed by atoms with Crippen LogP contribution in [0.15, 0.2) is 54.6 Å². The number of hydrogen-bond donors (Lipinski definition) is 3. The Morgan fingerprint density at radius 1 is 1.07 bits per heavy atom. The van der Waals surface area contributed by atoms with E-state index in [1.54, 1.807) is 24.3 Å². The third-order valence-corrected chi connectivity index (χ3v) is 5.06. The van der Waals surface area contributed by atoms with Crippen LogP contribution in [0.4, 0.5) is 0 Å². The first-order valence-corrected chi connectivity index (χ1v) is 9.69. The normalized spacial score (nSPS) is 16.5. The highest BCUT2D eigenvalue weighted by atomic mass is 16.5. The Morgan fingerprint density at radius 3 is 2.39 bits per heavy atom. The van der Waals surface area contributed by atoms with Crippen LogP contribution < -0.4 is 10.1 Å². The van der Waals surface area contributed by atoms with E-state index in [0.29, 0.717) is 24.2 Å². The van der Waals surface area contributed by atoms with Crippen LogP contribution in [-0.2, 0) is 6.54 Å². The summed E-state index contributed by atoms with van der Waals surface area (Å²) in [6.07, 6.45) is 1.34. The lowest BCUT2D eigenvalue weighted by Gasteiger charge is -2.38. The number of carbonyl (C=O) groups excluding carboxylic acids is 1. The number of nitrogens with one attached hydrogen (secondary N) is 1. The number of benzene rings is 2. The number of carbonyl (C=O) groups is 1. The average Bonchev–Trinajstić information content (AvgIpc) is 2.73. The first-order chi connectivity index (χ1) is 13.6. The summed E-state index contributed by atoms with van der Waals surface area (Å²) in [5.41, 5.74) is 0.964. The van der Waals surface area contributed by atoms with Crippen LogP contribution in [0, 0.1) is 0 Å². The first-order valence-electron chi connectivity index (χ1n) is 9.69. The second kappa shape index (κ2) is 9.68. The molecule has 0 aliphatic carbocycles. The molecule has 0 atom stereocenters. The van der Waals surface area contributed by atoms with E-state index in [0.717, 1.165) is 19.6 Å². The van der Waals surface area contributed by atoms with Gasteiger partial charge in [-0.1, -0.05) is 30.3 Å². The molecule has 0 aromatic heterocycles. The minimum atomic E-state index is -0.829. The summed E-state index contributed by atoms with van der Waals surface area (Å²) in [6, 6.07) is 17.2. The van der Waals surface area contributed by atoms with E-state index in [1.807, 2.05) is 18.2 Å². The smallest absolute Gasteiger partial charge is 0.251 e. The molecule has 2 aromatic rings. The molecule has 0 saturated carbocycles. The van der Waals surface area contributed by atoms with Crippen LogP contribution in [0.25, 0.3) is 0 Å². The zero-order valence-electron chi connectivity index (χ0n) is 16.0. The van der Waals surface area contributed by atoms with Gasteiger partial charge in [-0.25, -0.2) is 0 Å². The van der Waals surface area contributed by atoms with Gasteiger partial charge in [0.1, 0.15) is 18.0 Å². The van der Waals surface area contributed by atoms with Gasteiger partial charge in [0.25, 0.3) is 5.91 Å². The van der Waals surface area contributed by atoms with E-state index in [4.69, 9.17) is 9.84 Å². The molecule has 1 aliphatic rings. The van der Waals surface area contributed by atoms with Gasteiger partial charge in [-0.05, 0) is 42.7 Å². The third kappa shape index (κ3) is 5.79. The summed E-state index contributed by atoms with van der Waals surface area (Å²) in [5.74, 6) is 0.392. The molecule has 1 aliphatic heterocycles. The Balaban J connectivity index is 1.45. The van der Waals surface area contributed by atoms with Crippen molar-refractivity contribution in [2.24, 2.45) is 0 Å². The molecule has 0 bridgehead atoms. The molecule has 0 radical (unpaired) electrons. The van der Waals surface area contributed by atoms with E-state index in [9.17, 15) is 9.90 Å². The quantitative estimate of drug-likeness (QED) is 0.647. The van der Waals surface area contributed by atoms with Gasteiger partial charge in [0.05, 0.1) is 6.61 Å². The van der Waals surface area contributed by atoms with Crippen molar-refractivity contribution in [3.63, 3.8) is 0 Å². The van der Waals surface area contributed by atoms with Crippen LogP contribution in [-0.4, -0.2) is 59.5 Å². The summed E-state index contributed by atoms with van der Waals surface area (Å²) in [7, 11) is 0. The van der Waals surface area contributed by atoms with Crippen molar-refractivity contribution < 1.29 is 19.7 Å². The van der Waals surface area contributed by atoms with Crippen LogP contribution >= 0.6 is 0 Å². The SMILES string of the molecule is O=C(NCCO)c1ccc(OCC2(O)CCN(Cc3ccccc3)CC2)cc1. The molecule has 0 spiro atoms. The minimum Gasteiger partial charge on any atom is -0.491 e. The number of rotatable bonds is 8. The fourth-order valence-corrected chi connectivity index (χ4v) is 3.31. The third-order valence-electron chi connectivity index (χ3n) is 5.06. The number of aliphatic hydroxyl groups excluding tert-OH is 1. The topological polar surface area (TPSA) is 82.0 Å². The molecule has 0 unspecified atom stereocenters. The predicted octanol–water partition coefficient (Wildman–Crippen LogP) is 1.81. The molecule has 28 heavy (non-hydrogen) atoms. The molecule has 1 amide bonds. The molecule has 3 rings (SSSR count). The Hall–Kier alpha value is -2.41. The maximum atomic E-state index is 11.8. The Kier molecular flexibility index (Phi) is 7.03. The van der Waals surface area contributed by atoms with E-state index in [-0.39, 0.29) is 25.7 Å². The van der Waals surface area contributed by atoms with Gasteiger partial charge >= 0.3 is 0 Å². The second-order valence-corrected chi connectivity index (χ2v) is 7.28. The van der Waals surface area contributed by atoms with Crippen molar-refractivity contribution in [2.45, 2.75) is 25.0 Å². The lowest BCUT2D eigenvalue weighted by Crippen LogP contribution is -2.47. The predicted molar refractivity (Wildman–Crippen MR) is 107 cm³/mol. The number of likely N-dealkylation sites (tertiary alicyclic amines) is 1. The van der Waals surface area contributed by atoms with E-state index in [1.165, 1.54) is 5.56 Å². The van der Waals surface area contributed by atoms with Gasteiger partial charge in [0.2, 0.25) is 0 Å². The summed E-state index contributed by atoms with van der Waals surface area (Å²) in [6.45, 7) is 2.94. The van der Waals surface area contributed by atoms with Crippen LogP contribution in [0.5, 0.6) is 5.75 Å². The molecule has 1 heterocycles. The molecule has 150 valence electrons. The summed E-state index contributed by atoms with van der Waals surface area (Å²) in [5, 5.41) is 22.2. The standard InChI is InChI=1S/C22H28N2O4/c25-15-12-23-21(26)19-6-8-20(9-7-19)28-17-22(27)10-13-24(14-11-22)16-18-4-2-1-3-5-18/h1-9,25,27H,10-17H2,(H,23,26). The zero-order chi connectivity index (χ0) is 19.8. The molecule has 6 nitrogen and oxygen atoms in total.